The fourth-order valence-electron chi connectivity index (χ4n) is 3.16. The number of hydrogen-bond donors (Lipinski definition) is 1. The zero-order valence-electron chi connectivity index (χ0n) is 15.6. The van der Waals surface area contributed by atoms with Crippen LogP contribution in [0.5, 0.6) is 5.75 Å². The first-order valence-corrected chi connectivity index (χ1v) is 11.0. The van der Waals surface area contributed by atoms with Gasteiger partial charge in [-0.2, -0.15) is 0 Å². The molecule has 0 heterocycles. The molecule has 1 aliphatic rings. The Labute approximate surface area is 176 Å². The van der Waals surface area contributed by atoms with Crippen LogP contribution >= 0.6 is 15.9 Å². The highest BCUT2D eigenvalue weighted by molar-refractivity contribution is 9.10. The largest absolute Gasteiger partial charge is 0.494 e. The second-order valence-corrected chi connectivity index (χ2v) is 9.91. The number of sulfonamides is 1. The molecule has 4 nitrogen and oxygen atoms in total. The minimum atomic E-state index is -4.02. The first-order chi connectivity index (χ1) is 13.6. The van der Waals surface area contributed by atoms with E-state index in [1.165, 1.54) is 18.2 Å². The van der Waals surface area contributed by atoms with Gasteiger partial charge in [-0.05, 0) is 37.0 Å². The van der Waals surface area contributed by atoms with Crippen LogP contribution in [0.2, 0.25) is 0 Å². The van der Waals surface area contributed by atoms with E-state index < -0.39 is 43.7 Å². The van der Waals surface area contributed by atoms with E-state index in [9.17, 15) is 21.6 Å². The van der Waals surface area contributed by atoms with Crippen LogP contribution in [0.15, 0.2) is 41.4 Å². The van der Waals surface area contributed by atoms with Crippen molar-refractivity contribution >= 4 is 31.6 Å². The molecule has 29 heavy (non-hydrogen) atoms. The van der Waals surface area contributed by atoms with Gasteiger partial charge >= 0.3 is 0 Å². The van der Waals surface area contributed by atoms with E-state index in [4.69, 9.17) is 4.74 Å². The van der Waals surface area contributed by atoms with Crippen LogP contribution in [0.25, 0.3) is 0 Å². The molecular formula is C20H19BrF3NO3S. The molecule has 1 saturated carbocycles. The second-order valence-electron chi connectivity index (χ2n) is 6.92. The van der Waals surface area contributed by atoms with Crippen LogP contribution in [0.3, 0.4) is 0 Å². The van der Waals surface area contributed by atoms with Crippen molar-refractivity contribution in [2.45, 2.75) is 30.4 Å². The second kappa shape index (κ2) is 8.02. The van der Waals surface area contributed by atoms with Gasteiger partial charge in [-0.3, -0.25) is 4.72 Å². The number of anilines is 1. The molecule has 0 atom stereocenters. The summed E-state index contributed by atoms with van der Waals surface area (Å²) in [4.78, 5) is 0. The van der Waals surface area contributed by atoms with E-state index in [1.807, 2.05) is 0 Å². The molecule has 1 fully saturated rings. The summed E-state index contributed by atoms with van der Waals surface area (Å²) in [5, 5.41) is 0. The Morgan fingerprint density at radius 1 is 1.24 bits per heavy atom. The van der Waals surface area contributed by atoms with Gasteiger partial charge in [0, 0.05) is 22.5 Å². The lowest BCUT2D eigenvalue weighted by atomic mass is 10.0. The normalized spacial score (nSPS) is 15.1. The van der Waals surface area contributed by atoms with Crippen LogP contribution in [-0.4, -0.2) is 20.3 Å². The van der Waals surface area contributed by atoms with E-state index in [1.54, 1.807) is 6.07 Å². The standard InChI is InChI=1S/C20H19BrF3NO3S/c1-3-6-20(7-8-20)29(26,27)25-19-14(18(24)17(28-2)11-16(19)23)9-12-4-5-13(21)10-15(12)22/h3-5,10-11,25H,1,6-9H2,2H3. The summed E-state index contributed by atoms with van der Waals surface area (Å²) in [6.07, 6.45) is 2.09. The van der Waals surface area contributed by atoms with Crippen LogP contribution < -0.4 is 9.46 Å². The molecule has 2 aromatic carbocycles. The molecule has 0 saturated heterocycles. The monoisotopic (exact) mass is 489 g/mol. The minimum absolute atomic E-state index is 0.0763. The molecule has 0 bridgehead atoms. The van der Waals surface area contributed by atoms with Crippen molar-refractivity contribution in [3.63, 3.8) is 0 Å². The van der Waals surface area contributed by atoms with E-state index in [-0.39, 0.29) is 24.0 Å². The molecule has 1 aliphatic carbocycles. The van der Waals surface area contributed by atoms with Gasteiger partial charge in [0.1, 0.15) is 5.82 Å². The van der Waals surface area contributed by atoms with Crippen molar-refractivity contribution in [3.8, 4) is 5.75 Å². The van der Waals surface area contributed by atoms with Crippen molar-refractivity contribution in [1.82, 2.24) is 0 Å². The highest BCUT2D eigenvalue weighted by atomic mass is 79.9. The van der Waals surface area contributed by atoms with E-state index in [0.29, 0.717) is 17.3 Å². The fraction of sp³-hybridized carbons (Fsp3) is 0.300. The smallest absolute Gasteiger partial charge is 0.238 e. The molecule has 156 valence electrons. The number of hydrogen-bond acceptors (Lipinski definition) is 3. The molecule has 3 rings (SSSR count). The Kier molecular flexibility index (Phi) is 6.01. The lowest BCUT2D eigenvalue weighted by molar-refractivity contribution is 0.381. The quantitative estimate of drug-likeness (QED) is 0.510. The molecule has 0 aromatic heterocycles. The fourth-order valence-corrected chi connectivity index (χ4v) is 5.18. The van der Waals surface area contributed by atoms with Crippen molar-refractivity contribution in [2.75, 3.05) is 11.8 Å². The van der Waals surface area contributed by atoms with Gasteiger partial charge in [-0.25, -0.2) is 21.6 Å². The highest BCUT2D eigenvalue weighted by Crippen LogP contribution is 2.48. The van der Waals surface area contributed by atoms with Gasteiger partial charge in [-0.1, -0.05) is 28.1 Å². The maximum Gasteiger partial charge on any atom is 0.238 e. The van der Waals surface area contributed by atoms with Gasteiger partial charge in [0.25, 0.3) is 0 Å². The topological polar surface area (TPSA) is 55.4 Å². The zero-order valence-corrected chi connectivity index (χ0v) is 18.0. The van der Waals surface area contributed by atoms with Crippen LogP contribution in [0.4, 0.5) is 18.9 Å². The summed E-state index contributed by atoms with van der Waals surface area (Å²) < 4.78 is 76.2. The van der Waals surface area contributed by atoms with E-state index in [0.717, 1.165) is 13.2 Å². The number of halogens is 4. The van der Waals surface area contributed by atoms with Crippen molar-refractivity contribution in [1.29, 1.82) is 0 Å². The summed E-state index contributed by atoms with van der Waals surface area (Å²) in [6, 6.07) is 4.92. The average molecular weight is 490 g/mol. The predicted molar refractivity (Wildman–Crippen MR) is 109 cm³/mol. The Morgan fingerprint density at radius 3 is 2.48 bits per heavy atom. The maximum absolute atomic E-state index is 15.0. The van der Waals surface area contributed by atoms with Crippen LogP contribution in [0, 0.1) is 17.5 Å². The van der Waals surface area contributed by atoms with E-state index in [2.05, 4.69) is 27.2 Å². The van der Waals surface area contributed by atoms with Gasteiger partial charge in [0.2, 0.25) is 10.0 Å². The average Bonchev–Trinajstić information content (AvgIpc) is 3.44. The predicted octanol–water partition coefficient (Wildman–Crippen LogP) is 5.32. The van der Waals surface area contributed by atoms with Crippen molar-refractivity contribution < 1.29 is 26.3 Å². The van der Waals surface area contributed by atoms with Gasteiger partial charge in [0.05, 0.1) is 17.5 Å². The molecule has 0 spiro atoms. The third kappa shape index (κ3) is 4.16. The molecule has 2 aromatic rings. The highest BCUT2D eigenvalue weighted by Gasteiger charge is 2.54. The molecule has 0 amide bonds. The third-order valence-electron chi connectivity index (χ3n) is 5.01. The van der Waals surface area contributed by atoms with Crippen LogP contribution in [0.1, 0.15) is 30.4 Å². The summed E-state index contributed by atoms with van der Waals surface area (Å²) in [5.74, 6) is -3.00. The molecule has 0 radical (unpaired) electrons. The Bertz CT molecular complexity index is 1070. The van der Waals surface area contributed by atoms with Crippen LogP contribution in [-0.2, 0) is 16.4 Å². The van der Waals surface area contributed by atoms with E-state index >= 15 is 0 Å². The number of nitrogens with one attached hydrogen (secondary N) is 1. The Hall–Kier alpha value is -2.00. The maximum atomic E-state index is 15.0. The number of ether oxygens (including phenoxy) is 1. The molecule has 9 heteroatoms. The lowest BCUT2D eigenvalue weighted by Gasteiger charge is -2.20. The summed E-state index contributed by atoms with van der Waals surface area (Å²) in [7, 11) is -2.86. The number of methoxy groups -OCH3 is 1. The molecule has 0 unspecified atom stereocenters. The minimum Gasteiger partial charge on any atom is -0.494 e. The first kappa shape index (κ1) is 21.7. The van der Waals surface area contributed by atoms with Gasteiger partial charge in [0.15, 0.2) is 17.4 Å². The lowest BCUT2D eigenvalue weighted by Crippen LogP contribution is -2.30. The van der Waals surface area contributed by atoms with Gasteiger partial charge < -0.3 is 4.74 Å². The number of rotatable bonds is 8. The van der Waals surface area contributed by atoms with Crippen molar-refractivity contribution in [3.05, 3.63) is 70.0 Å². The van der Waals surface area contributed by atoms with Crippen molar-refractivity contribution in [2.24, 2.45) is 0 Å². The SMILES string of the molecule is C=CCC1(S(=O)(=O)Nc2c(F)cc(OC)c(F)c2Cc2ccc(Br)cc2F)CC1. The number of allylic oxidation sites excluding steroid dienone is 1. The summed E-state index contributed by atoms with van der Waals surface area (Å²) >= 11 is 3.13. The Balaban J connectivity index is 2.09. The number of benzene rings is 2. The third-order valence-corrected chi connectivity index (χ3v) is 7.69. The van der Waals surface area contributed by atoms with Gasteiger partial charge in [-0.15, -0.1) is 6.58 Å². The Morgan fingerprint density at radius 2 is 1.93 bits per heavy atom. The first-order valence-electron chi connectivity index (χ1n) is 8.76. The molecule has 0 aliphatic heterocycles. The molecular weight excluding hydrogens is 471 g/mol. The summed E-state index contributed by atoms with van der Waals surface area (Å²) in [6.45, 7) is 3.56. The zero-order chi connectivity index (χ0) is 21.4. The summed E-state index contributed by atoms with van der Waals surface area (Å²) in [5.41, 5.74) is -0.797. The molecule has 1 N–H and O–H groups in total.